The van der Waals surface area contributed by atoms with Crippen LogP contribution in [-0.2, 0) is 4.74 Å². The molecule has 26 heavy (non-hydrogen) atoms. The van der Waals surface area contributed by atoms with E-state index in [1.54, 1.807) is 0 Å². The topological polar surface area (TPSA) is 54.5 Å². The Morgan fingerprint density at radius 3 is 2.92 bits per heavy atom. The molecule has 0 aliphatic carbocycles. The third-order valence-electron chi connectivity index (χ3n) is 4.77. The van der Waals surface area contributed by atoms with Crippen molar-refractivity contribution in [2.45, 2.75) is 40.7 Å². The minimum Gasteiger partial charge on any atom is -0.374 e. The van der Waals surface area contributed by atoms with Gasteiger partial charge in [0.2, 0.25) is 0 Å². The minimum atomic E-state index is -0.0212. The lowest BCUT2D eigenvalue weighted by atomic mass is 10.1. The molecule has 0 radical (unpaired) electrons. The van der Waals surface area contributed by atoms with E-state index in [4.69, 9.17) is 4.74 Å². The molecule has 1 aliphatic rings. The summed E-state index contributed by atoms with van der Waals surface area (Å²) in [7, 11) is 0. The summed E-state index contributed by atoms with van der Waals surface area (Å²) in [5, 5.41) is 4.18. The first-order valence-electron chi connectivity index (χ1n) is 9.34. The first-order chi connectivity index (χ1) is 12.3. The molecule has 3 heterocycles. The van der Waals surface area contributed by atoms with Gasteiger partial charge in [-0.15, -0.1) is 11.3 Å². The van der Waals surface area contributed by atoms with Gasteiger partial charge in [0.25, 0.3) is 5.91 Å². The molecule has 3 rings (SSSR count). The Labute approximate surface area is 159 Å². The Morgan fingerprint density at radius 2 is 2.19 bits per heavy atom. The Bertz CT molecular complexity index is 800. The molecule has 1 atom stereocenters. The van der Waals surface area contributed by atoms with E-state index in [1.165, 1.54) is 16.9 Å². The van der Waals surface area contributed by atoms with Gasteiger partial charge in [-0.3, -0.25) is 9.69 Å². The van der Waals surface area contributed by atoms with Crippen LogP contribution in [0.25, 0.3) is 10.2 Å². The molecule has 1 fully saturated rings. The number of aryl methyl sites for hydroxylation is 3. The molecular weight excluding hydrogens is 346 g/mol. The number of hydrogen-bond acceptors (Lipinski definition) is 5. The van der Waals surface area contributed by atoms with E-state index in [-0.39, 0.29) is 12.0 Å². The summed E-state index contributed by atoms with van der Waals surface area (Å²) in [6, 6.07) is 2.07. The van der Waals surface area contributed by atoms with Crippen LogP contribution in [0.3, 0.4) is 0 Å². The molecule has 0 bridgehead atoms. The average Bonchev–Trinajstić information content (AvgIpc) is 2.89. The fraction of sp³-hybridized carbons (Fsp3) is 0.600. The van der Waals surface area contributed by atoms with Crippen molar-refractivity contribution in [1.29, 1.82) is 0 Å². The second-order valence-corrected chi connectivity index (χ2v) is 8.67. The summed E-state index contributed by atoms with van der Waals surface area (Å²) >= 11 is 1.48. The van der Waals surface area contributed by atoms with Crippen molar-refractivity contribution in [1.82, 2.24) is 15.2 Å². The largest absolute Gasteiger partial charge is 0.374 e. The number of amides is 1. The molecular formula is C20H29N3O2S. The van der Waals surface area contributed by atoms with Crippen molar-refractivity contribution in [2.24, 2.45) is 5.92 Å². The van der Waals surface area contributed by atoms with Crippen LogP contribution in [0.5, 0.6) is 0 Å². The van der Waals surface area contributed by atoms with E-state index >= 15 is 0 Å². The third-order valence-corrected chi connectivity index (χ3v) is 5.95. The lowest BCUT2D eigenvalue weighted by molar-refractivity contribution is -0.0295. The Morgan fingerprint density at radius 1 is 1.42 bits per heavy atom. The van der Waals surface area contributed by atoms with E-state index < -0.39 is 0 Å². The Balaban J connectivity index is 1.66. The average molecular weight is 376 g/mol. The number of pyridine rings is 1. The predicted molar refractivity (Wildman–Crippen MR) is 107 cm³/mol. The van der Waals surface area contributed by atoms with Crippen LogP contribution < -0.4 is 5.32 Å². The molecule has 5 nitrogen and oxygen atoms in total. The number of nitrogens with zero attached hydrogens (tertiary/aromatic N) is 2. The summed E-state index contributed by atoms with van der Waals surface area (Å²) in [5.74, 6) is 0.621. The molecule has 0 saturated carbocycles. The van der Waals surface area contributed by atoms with Crippen LogP contribution in [0.1, 0.15) is 40.3 Å². The van der Waals surface area contributed by atoms with Gasteiger partial charge in [0.05, 0.1) is 17.6 Å². The highest BCUT2D eigenvalue weighted by atomic mass is 32.1. The lowest BCUT2D eigenvalue weighted by Crippen LogP contribution is -2.48. The summed E-state index contributed by atoms with van der Waals surface area (Å²) in [6.07, 6.45) is 0.0586. The fourth-order valence-electron chi connectivity index (χ4n) is 3.71. The van der Waals surface area contributed by atoms with E-state index in [9.17, 15) is 4.79 Å². The quantitative estimate of drug-likeness (QED) is 0.871. The zero-order valence-electron chi connectivity index (χ0n) is 16.4. The standard InChI is InChI=1S/C20H29N3O2S/c1-12(2)10-23-6-7-25-16(11-23)9-21-19(24)18-15(5)17-13(3)8-14(4)22-20(17)26-18/h8,12,16H,6-7,9-11H2,1-5H3,(H,21,24)/t16-/m0/s1. The molecule has 2 aromatic rings. The Kier molecular flexibility index (Phi) is 5.95. The van der Waals surface area contributed by atoms with Crippen LogP contribution >= 0.6 is 11.3 Å². The maximum absolute atomic E-state index is 12.7. The van der Waals surface area contributed by atoms with Gasteiger partial charge in [-0.1, -0.05) is 13.8 Å². The van der Waals surface area contributed by atoms with Gasteiger partial charge in [-0.05, 0) is 43.9 Å². The van der Waals surface area contributed by atoms with Crippen LogP contribution in [-0.4, -0.2) is 54.7 Å². The zero-order valence-corrected chi connectivity index (χ0v) is 17.2. The summed E-state index contributed by atoms with van der Waals surface area (Å²) in [5.41, 5.74) is 3.20. The van der Waals surface area contributed by atoms with Crippen molar-refractivity contribution in [3.8, 4) is 0 Å². The minimum absolute atomic E-state index is 0.0212. The molecule has 142 valence electrons. The number of aromatic nitrogens is 1. The van der Waals surface area contributed by atoms with E-state index in [0.29, 0.717) is 12.5 Å². The van der Waals surface area contributed by atoms with Crippen LogP contribution in [0.2, 0.25) is 0 Å². The second-order valence-electron chi connectivity index (χ2n) is 7.67. The van der Waals surface area contributed by atoms with Gasteiger partial charge in [-0.25, -0.2) is 4.98 Å². The maximum atomic E-state index is 12.7. The van der Waals surface area contributed by atoms with Crippen molar-refractivity contribution >= 4 is 27.5 Å². The molecule has 1 amide bonds. The van der Waals surface area contributed by atoms with Gasteiger partial charge in [0.1, 0.15) is 4.83 Å². The molecule has 0 unspecified atom stereocenters. The highest BCUT2D eigenvalue weighted by molar-refractivity contribution is 7.20. The lowest BCUT2D eigenvalue weighted by Gasteiger charge is -2.33. The highest BCUT2D eigenvalue weighted by Crippen LogP contribution is 2.32. The van der Waals surface area contributed by atoms with E-state index in [1.807, 2.05) is 13.8 Å². The maximum Gasteiger partial charge on any atom is 0.261 e. The van der Waals surface area contributed by atoms with Gasteiger partial charge in [0.15, 0.2) is 0 Å². The molecule has 1 saturated heterocycles. The van der Waals surface area contributed by atoms with E-state index in [2.05, 4.69) is 42.0 Å². The summed E-state index contributed by atoms with van der Waals surface area (Å²) < 4.78 is 5.83. The van der Waals surface area contributed by atoms with Crippen molar-refractivity contribution in [3.63, 3.8) is 0 Å². The first kappa shape index (κ1) is 19.3. The van der Waals surface area contributed by atoms with Gasteiger partial charge in [0, 0.05) is 37.3 Å². The SMILES string of the molecule is Cc1cc(C)c2c(C)c(C(=O)NC[C@H]3CN(CC(C)C)CCO3)sc2n1. The van der Waals surface area contributed by atoms with Gasteiger partial charge < -0.3 is 10.1 Å². The normalized spacial score (nSPS) is 18.6. The fourth-order valence-corrected chi connectivity index (χ4v) is 4.93. The first-order valence-corrected chi connectivity index (χ1v) is 10.2. The number of thiophene rings is 1. The number of hydrogen-bond donors (Lipinski definition) is 1. The zero-order chi connectivity index (χ0) is 18.8. The second kappa shape index (κ2) is 8.03. The van der Waals surface area contributed by atoms with Crippen LogP contribution in [0, 0.1) is 26.7 Å². The number of morpholine rings is 1. The van der Waals surface area contributed by atoms with Crippen molar-refractivity contribution < 1.29 is 9.53 Å². The summed E-state index contributed by atoms with van der Waals surface area (Å²) in [4.78, 5) is 21.5. The molecule has 0 aromatic carbocycles. The monoisotopic (exact) mass is 375 g/mol. The van der Waals surface area contributed by atoms with Gasteiger partial charge >= 0.3 is 0 Å². The highest BCUT2D eigenvalue weighted by Gasteiger charge is 2.23. The van der Waals surface area contributed by atoms with E-state index in [0.717, 1.165) is 52.6 Å². The third kappa shape index (κ3) is 4.24. The van der Waals surface area contributed by atoms with Crippen molar-refractivity contribution in [3.05, 3.63) is 27.8 Å². The number of carbonyl (C=O) groups is 1. The molecule has 1 N–H and O–H groups in total. The van der Waals surface area contributed by atoms with Crippen LogP contribution in [0.15, 0.2) is 6.07 Å². The number of rotatable bonds is 5. The molecule has 2 aromatic heterocycles. The number of fused-ring (bicyclic) bond motifs is 1. The van der Waals surface area contributed by atoms with Gasteiger partial charge in [-0.2, -0.15) is 0 Å². The Hall–Kier alpha value is -1.50. The van der Waals surface area contributed by atoms with Crippen LogP contribution in [0.4, 0.5) is 0 Å². The van der Waals surface area contributed by atoms with Crippen molar-refractivity contribution in [2.75, 3.05) is 32.8 Å². The summed E-state index contributed by atoms with van der Waals surface area (Å²) in [6.45, 7) is 14.8. The molecule has 0 spiro atoms. The smallest absolute Gasteiger partial charge is 0.261 e. The molecule has 1 aliphatic heterocycles. The predicted octanol–water partition coefficient (Wildman–Crippen LogP) is 3.31. The number of nitrogens with one attached hydrogen (secondary N) is 1. The number of ether oxygens (including phenoxy) is 1. The molecule has 6 heteroatoms. The number of carbonyl (C=O) groups excluding carboxylic acids is 1.